The van der Waals surface area contributed by atoms with Crippen molar-refractivity contribution in [3.8, 4) is 0 Å². The molecule has 3 amide bonds. The van der Waals surface area contributed by atoms with E-state index in [2.05, 4.69) is 24.1 Å². The SMILES string of the molecule is CCN(CC)c1ccc(N2C/C=C\CCC(=O)NC[C@H](c3ccccc3)OC(=O)[C@@H]3[C@H]4C(=O)N(CCCCCCO)[C@H](C2=O)[C@]42C=C[C@H]3O2)cc1. The summed E-state index contributed by atoms with van der Waals surface area (Å²) in [5.41, 5.74) is 1.08. The van der Waals surface area contributed by atoms with Gasteiger partial charge in [0.05, 0.1) is 18.6 Å². The second kappa shape index (κ2) is 16.2. The van der Waals surface area contributed by atoms with Crippen LogP contribution in [0.5, 0.6) is 0 Å². The Morgan fingerprint density at radius 3 is 2.39 bits per heavy atom. The lowest BCUT2D eigenvalue weighted by molar-refractivity contribution is -0.159. The van der Waals surface area contributed by atoms with Crippen molar-refractivity contribution in [2.24, 2.45) is 11.8 Å². The summed E-state index contributed by atoms with van der Waals surface area (Å²) < 4.78 is 12.8. The van der Waals surface area contributed by atoms with Crippen LogP contribution in [0.3, 0.4) is 0 Å². The van der Waals surface area contributed by atoms with E-state index < -0.39 is 41.7 Å². The number of anilines is 2. The third-order valence-corrected chi connectivity index (χ3v) is 10.7. The first-order chi connectivity index (χ1) is 24.8. The largest absolute Gasteiger partial charge is 0.455 e. The number of ether oxygens (including phenoxy) is 2. The van der Waals surface area contributed by atoms with Gasteiger partial charge in [-0.25, -0.2) is 0 Å². The van der Waals surface area contributed by atoms with Crippen LogP contribution in [0.15, 0.2) is 78.9 Å². The molecule has 2 aromatic rings. The van der Waals surface area contributed by atoms with Crippen molar-refractivity contribution in [1.82, 2.24) is 10.2 Å². The van der Waals surface area contributed by atoms with Crippen molar-refractivity contribution in [2.75, 3.05) is 49.1 Å². The Labute approximate surface area is 300 Å². The molecule has 11 heteroatoms. The molecule has 4 aliphatic heterocycles. The van der Waals surface area contributed by atoms with Gasteiger partial charge in [-0.15, -0.1) is 0 Å². The Balaban J connectivity index is 1.39. The van der Waals surface area contributed by atoms with Gasteiger partial charge in [0, 0.05) is 50.6 Å². The number of aliphatic hydroxyl groups excluding tert-OH is 1. The number of esters is 1. The molecule has 5 bridgehead atoms. The Bertz CT molecular complexity index is 1610. The predicted octanol–water partition coefficient (Wildman–Crippen LogP) is 4.32. The van der Waals surface area contributed by atoms with Crippen LogP contribution in [0.25, 0.3) is 0 Å². The van der Waals surface area contributed by atoms with Crippen LogP contribution in [-0.2, 0) is 28.7 Å². The van der Waals surface area contributed by atoms with Gasteiger partial charge in [-0.1, -0.05) is 67.5 Å². The third-order valence-electron chi connectivity index (χ3n) is 10.7. The molecule has 6 atom stereocenters. The summed E-state index contributed by atoms with van der Waals surface area (Å²) in [5, 5.41) is 12.2. The van der Waals surface area contributed by atoms with E-state index in [-0.39, 0.29) is 43.8 Å². The number of carbonyl (C=O) groups is 4. The summed E-state index contributed by atoms with van der Waals surface area (Å²) in [6.07, 6.45) is 9.43. The van der Waals surface area contributed by atoms with Crippen LogP contribution in [0, 0.1) is 11.8 Å². The molecule has 0 aromatic heterocycles. The highest BCUT2D eigenvalue weighted by Gasteiger charge is 2.73. The number of nitrogens with one attached hydrogen (secondary N) is 1. The van der Waals surface area contributed by atoms with Crippen LogP contribution in [-0.4, -0.2) is 90.8 Å². The van der Waals surface area contributed by atoms with E-state index in [4.69, 9.17) is 9.47 Å². The molecule has 0 saturated carbocycles. The van der Waals surface area contributed by atoms with Crippen molar-refractivity contribution >= 4 is 35.1 Å². The number of hydrogen-bond acceptors (Lipinski definition) is 8. The second-order valence-electron chi connectivity index (χ2n) is 13.7. The van der Waals surface area contributed by atoms with Gasteiger partial charge in [0.15, 0.2) is 0 Å². The van der Waals surface area contributed by atoms with Crippen molar-refractivity contribution in [3.63, 3.8) is 0 Å². The summed E-state index contributed by atoms with van der Waals surface area (Å²) in [6, 6.07) is 16.1. The molecule has 4 heterocycles. The first kappa shape index (κ1) is 36.3. The fourth-order valence-corrected chi connectivity index (χ4v) is 8.03. The lowest BCUT2D eigenvalue weighted by Gasteiger charge is -2.36. The second-order valence-corrected chi connectivity index (χ2v) is 13.7. The molecule has 272 valence electrons. The van der Waals surface area contributed by atoms with Crippen molar-refractivity contribution in [2.45, 2.75) is 76.2 Å². The number of carbonyl (C=O) groups excluding carboxylic acids is 4. The highest BCUT2D eigenvalue weighted by molar-refractivity contribution is 6.05. The summed E-state index contributed by atoms with van der Waals surface area (Å²) in [4.78, 5) is 62.2. The molecule has 51 heavy (non-hydrogen) atoms. The minimum atomic E-state index is -1.35. The number of unbranched alkanes of at least 4 members (excludes halogenated alkanes) is 3. The molecule has 4 aliphatic rings. The van der Waals surface area contributed by atoms with Crippen LogP contribution in [0.4, 0.5) is 11.4 Å². The molecule has 2 N–H and O–H groups in total. The van der Waals surface area contributed by atoms with E-state index in [0.717, 1.165) is 37.2 Å². The Morgan fingerprint density at radius 1 is 0.922 bits per heavy atom. The number of fused-ring (bicyclic) bond motifs is 2. The lowest BCUT2D eigenvalue weighted by atomic mass is 9.74. The van der Waals surface area contributed by atoms with Crippen molar-refractivity contribution in [3.05, 3.63) is 84.5 Å². The number of rotatable bonds is 11. The first-order valence-electron chi connectivity index (χ1n) is 18.4. The topological polar surface area (TPSA) is 129 Å². The van der Waals surface area contributed by atoms with E-state index in [0.29, 0.717) is 31.5 Å². The molecule has 1 spiro atoms. The fraction of sp³-hybridized carbons (Fsp3) is 0.500. The molecule has 11 nitrogen and oxygen atoms in total. The van der Waals surface area contributed by atoms with Crippen LogP contribution in [0.1, 0.15) is 64.0 Å². The molecular formula is C40H50N4O7. The van der Waals surface area contributed by atoms with Crippen LogP contribution in [0.2, 0.25) is 0 Å². The highest BCUT2D eigenvalue weighted by Crippen LogP contribution is 2.56. The lowest BCUT2D eigenvalue weighted by Crippen LogP contribution is -2.56. The quantitative estimate of drug-likeness (QED) is 0.202. The summed E-state index contributed by atoms with van der Waals surface area (Å²) >= 11 is 0. The standard InChI is InChI=1S/C40H50N4O7/c1-3-42(4-2)29-18-20-30(21-19-29)43-24-13-8-11-17-33(46)41-27-32(28-15-9-7-10-16-28)50-39(49)34-31-22-23-40(51-31)35(34)37(47)44(36(40)38(43)48)25-12-5-6-14-26-45/h7-10,13,15-16,18-23,31-32,34-36,45H,3-6,11-12,14,17,24-27H2,1-2H3,(H,41,46)/b13-8-/t31-,32-,34+,35+,36-,40+/m1/s1. The maximum atomic E-state index is 15.1. The maximum absolute atomic E-state index is 15.1. The van der Waals surface area contributed by atoms with E-state index in [9.17, 15) is 19.5 Å². The van der Waals surface area contributed by atoms with Crippen molar-refractivity contribution in [1.29, 1.82) is 0 Å². The number of allylic oxidation sites excluding steroid dienone is 1. The zero-order chi connectivity index (χ0) is 36.0. The Hall–Kier alpha value is -4.48. The minimum Gasteiger partial charge on any atom is -0.455 e. The van der Waals surface area contributed by atoms with Gasteiger partial charge in [0.25, 0.3) is 5.91 Å². The van der Waals surface area contributed by atoms with Gasteiger partial charge < -0.3 is 34.6 Å². The monoisotopic (exact) mass is 698 g/mol. The van der Waals surface area contributed by atoms with Gasteiger partial charge in [0.2, 0.25) is 11.8 Å². The predicted molar refractivity (Wildman–Crippen MR) is 194 cm³/mol. The van der Waals surface area contributed by atoms with Crippen LogP contribution >= 0.6 is 0 Å². The van der Waals surface area contributed by atoms with Gasteiger partial charge in [-0.3, -0.25) is 19.2 Å². The van der Waals surface area contributed by atoms with E-state index in [1.54, 1.807) is 15.9 Å². The molecule has 0 radical (unpaired) electrons. The molecule has 2 fully saturated rings. The van der Waals surface area contributed by atoms with E-state index >= 15 is 4.79 Å². The van der Waals surface area contributed by atoms with Gasteiger partial charge in [0.1, 0.15) is 23.7 Å². The number of aliphatic hydroxyl groups is 1. The molecular weight excluding hydrogens is 648 g/mol. The molecule has 2 saturated heterocycles. The third kappa shape index (κ3) is 7.32. The molecule has 0 aliphatic carbocycles. The van der Waals surface area contributed by atoms with E-state index in [1.807, 2.05) is 72.8 Å². The van der Waals surface area contributed by atoms with Crippen molar-refractivity contribution < 1.29 is 33.8 Å². The molecule has 6 rings (SSSR count). The number of amides is 3. The Morgan fingerprint density at radius 2 is 1.67 bits per heavy atom. The van der Waals surface area contributed by atoms with Crippen LogP contribution < -0.4 is 15.1 Å². The zero-order valence-electron chi connectivity index (χ0n) is 29.6. The number of likely N-dealkylation sites (tertiary alicyclic amines) is 1. The number of nitrogens with zero attached hydrogens (tertiary/aromatic N) is 3. The average Bonchev–Trinajstić information content (AvgIpc) is 3.79. The number of hydrogen-bond donors (Lipinski definition) is 2. The van der Waals surface area contributed by atoms with Gasteiger partial charge in [-0.05, 0) is 62.9 Å². The summed E-state index contributed by atoms with van der Waals surface area (Å²) in [7, 11) is 0. The maximum Gasteiger partial charge on any atom is 0.313 e. The zero-order valence-corrected chi connectivity index (χ0v) is 29.6. The van der Waals surface area contributed by atoms with E-state index in [1.165, 1.54) is 0 Å². The fourth-order valence-electron chi connectivity index (χ4n) is 8.03. The average molecular weight is 699 g/mol. The van der Waals surface area contributed by atoms with Gasteiger partial charge in [-0.2, -0.15) is 0 Å². The Kier molecular flexibility index (Phi) is 11.6. The normalized spacial score (nSPS) is 28.5. The number of benzene rings is 2. The minimum absolute atomic E-state index is 0.0779. The summed E-state index contributed by atoms with van der Waals surface area (Å²) in [5.74, 6) is -3.30. The molecule has 0 unspecified atom stereocenters. The molecule has 2 aromatic carbocycles. The first-order valence-corrected chi connectivity index (χ1v) is 18.4. The van der Waals surface area contributed by atoms with Gasteiger partial charge >= 0.3 is 5.97 Å². The number of cyclic esters (lactones) is 1. The highest BCUT2D eigenvalue weighted by atomic mass is 16.6. The smallest absolute Gasteiger partial charge is 0.313 e. The summed E-state index contributed by atoms with van der Waals surface area (Å²) in [6.45, 7) is 6.59.